The Labute approximate surface area is 182 Å². The minimum absolute atomic E-state index is 0.122. The van der Waals surface area contributed by atoms with E-state index in [9.17, 15) is 14.3 Å². The number of hydrogen-bond acceptors (Lipinski definition) is 5. The molecule has 2 N–H and O–H groups in total. The number of fused-ring (bicyclic) bond motifs is 1. The van der Waals surface area contributed by atoms with Crippen molar-refractivity contribution in [3.8, 4) is 5.75 Å². The van der Waals surface area contributed by atoms with Crippen LogP contribution in [-0.2, 0) is 0 Å². The number of nitrogens with zero attached hydrogens (tertiary/aromatic N) is 3. The van der Waals surface area contributed by atoms with Gasteiger partial charge in [0.1, 0.15) is 27.6 Å². The molecule has 1 aromatic carbocycles. The normalized spacial score (nSPS) is 20.0. The molecule has 1 amide bonds. The first-order chi connectivity index (χ1) is 14.2. The molecule has 1 spiro atoms. The fourth-order valence-electron chi connectivity index (χ4n) is 4.64. The average molecular weight is 479 g/mol. The van der Waals surface area contributed by atoms with Gasteiger partial charge in [-0.3, -0.25) is 0 Å². The highest BCUT2D eigenvalue weighted by Gasteiger charge is 2.51. The van der Waals surface area contributed by atoms with Crippen molar-refractivity contribution in [3.63, 3.8) is 0 Å². The molecule has 1 fully saturated rings. The number of aromatic nitrogens is 2. The molecule has 160 valence electrons. The van der Waals surface area contributed by atoms with Crippen LogP contribution in [0.25, 0.3) is 0 Å². The summed E-state index contributed by atoms with van der Waals surface area (Å²) in [5.74, 6) is 1.05. The molecule has 30 heavy (non-hydrogen) atoms. The summed E-state index contributed by atoms with van der Waals surface area (Å²) in [6, 6.07) is 4.61. The molecule has 7 nitrogen and oxygen atoms in total. The summed E-state index contributed by atoms with van der Waals surface area (Å²) in [7, 11) is 0. The van der Waals surface area contributed by atoms with Crippen molar-refractivity contribution in [2.75, 3.05) is 18.0 Å². The van der Waals surface area contributed by atoms with E-state index in [1.165, 1.54) is 12.1 Å². The maximum absolute atomic E-state index is 14.1. The van der Waals surface area contributed by atoms with Crippen molar-refractivity contribution in [2.45, 2.75) is 50.2 Å². The second-order valence-corrected chi connectivity index (χ2v) is 9.42. The van der Waals surface area contributed by atoms with Crippen molar-refractivity contribution in [3.05, 3.63) is 46.6 Å². The van der Waals surface area contributed by atoms with Gasteiger partial charge in [0.15, 0.2) is 0 Å². The molecule has 1 atom stereocenters. The number of anilines is 1. The maximum atomic E-state index is 14.1. The van der Waals surface area contributed by atoms with Gasteiger partial charge in [0.2, 0.25) is 0 Å². The Morgan fingerprint density at radius 2 is 2.10 bits per heavy atom. The molecular formula is C21H24BrFN4O3. The lowest BCUT2D eigenvalue weighted by atomic mass is 9.72. The van der Waals surface area contributed by atoms with Crippen molar-refractivity contribution in [1.29, 1.82) is 0 Å². The van der Waals surface area contributed by atoms with Gasteiger partial charge in [0.05, 0.1) is 12.4 Å². The van der Waals surface area contributed by atoms with E-state index in [-0.39, 0.29) is 11.7 Å². The predicted molar refractivity (Wildman–Crippen MR) is 114 cm³/mol. The van der Waals surface area contributed by atoms with E-state index in [2.05, 4.69) is 36.1 Å². The van der Waals surface area contributed by atoms with Gasteiger partial charge < -0.3 is 20.1 Å². The highest BCUT2D eigenvalue weighted by Crippen LogP contribution is 2.53. The Morgan fingerprint density at radius 3 is 2.73 bits per heavy atom. The smallest absolute Gasteiger partial charge is 0.405 e. The lowest BCUT2D eigenvalue weighted by Gasteiger charge is -2.44. The third-order valence-corrected chi connectivity index (χ3v) is 6.41. The molecule has 0 bridgehead atoms. The first-order valence-corrected chi connectivity index (χ1v) is 10.7. The number of amides is 1. The van der Waals surface area contributed by atoms with Gasteiger partial charge in [-0.2, -0.15) is 0 Å². The standard InChI is InChI=1S/C21H24BrFN4O3/c1-20(2,26-19(28)29)10-15-14-9-13(23)3-4-16(14)30-21(15)5-7-27(8-6-21)18-12-24-17(22)11-25-18/h3-4,9,11-12,15,26H,5-8,10H2,1-2H3,(H,28,29)/t15-/m1/s1. The van der Waals surface area contributed by atoms with Gasteiger partial charge in [0, 0.05) is 43.0 Å². The van der Waals surface area contributed by atoms with Crippen molar-refractivity contribution in [2.24, 2.45) is 0 Å². The number of carbonyl (C=O) groups is 1. The van der Waals surface area contributed by atoms with Crippen LogP contribution < -0.4 is 15.0 Å². The van der Waals surface area contributed by atoms with E-state index in [1.54, 1.807) is 18.5 Å². The monoisotopic (exact) mass is 478 g/mol. The summed E-state index contributed by atoms with van der Waals surface area (Å²) in [5.41, 5.74) is -0.380. The molecule has 0 saturated carbocycles. The van der Waals surface area contributed by atoms with Crippen LogP contribution >= 0.6 is 15.9 Å². The largest absolute Gasteiger partial charge is 0.486 e. The van der Waals surface area contributed by atoms with Crippen LogP contribution in [0.5, 0.6) is 5.75 Å². The van der Waals surface area contributed by atoms with Crippen LogP contribution in [0.3, 0.4) is 0 Å². The Balaban J connectivity index is 1.60. The molecule has 0 aliphatic carbocycles. The summed E-state index contributed by atoms with van der Waals surface area (Å²) < 4.78 is 21.2. The first-order valence-electron chi connectivity index (χ1n) is 9.90. The van der Waals surface area contributed by atoms with E-state index in [4.69, 9.17) is 4.74 Å². The molecule has 2 aliphatic rings. The lowest BCUT2D eigenvalue weighted by molar-refractivity contribution is 0.0314. The fraction of sp³-hybridized carbons (Fsp3) is 0.476. The van der Waals surface area contributed by atoms with E-state index in [0.29, 0.717) is 16.8 Å². The number of benzene rings is 1. The quantitative estimate of drug-likeness (QED) is 0.679. The Morgan fingerprint density at radius 1 is 1.37 bits per heavy atom. The van der Waals surface area contributed by atoms with Gasteiger partial charge in [0.25, 0.3) is 0 Å². The SMILES string of the molecule is CC(C)(C[C@@H]1c2cc(F)ccc2OC12CCN(c1cnc(Br)cn1)CC2)NC(=O)O. The average Bonchev–Trinajstić information content (AvgIpc) is 2.94. The second-order valence-electron chi connectivity index (χ2n) is 8.60. The van der Waals surface area contributed by atoms with Crippen molar-refractivity contribution >= 4 is 27.8 Å². The van der Waals surface area contributed by atoms with Gasteiger partial charge >= 0.3 is 6.09 Å². The topological polar surface area (TPSA) is 87.6 Å². The number of carboxylic acid groups (broad SMARTS) is 1. The Kier molecular flexibility index (Phi) is 5.34. The summed E-state index contributed by atoms with van der Waals surface area (Å²) >= 11 is 3.30. The van der Waals surface area contributed by atoms with Crippen molar-refractivity contribution in [1.82, 2.24) is 15.3 Å². The lowest BCUT2D eigenvalue weighted by Crippen LogP contribution is -2.52. The molecule has 1 saturated heterocycles. The van der Waals surface area contributed by atoms with E-state index < -0.39 is 17.2 Å². The molecule has 4 rings (SSSR count). The molecular weight excluding hydrogens is 455 g/mol. The van der Waals surface area contributed by atoms with Crippen LogP contribution in [0.15, 0.2) is 35.2 Å². The van der Waals surface area contributed by atoms with Gasteiger partial charge in [-0.1, -0.05) is 0 Å². The third-order valence-electron chi connectivity index (χ3n) is 6.00. The maximum Gasteiger partial charge on any atom is 0.405 e. The third kappa shape index (κ3) is 4.08. The minimum Gasteiger partial charge on any atom is -0.486 e. The van der Waals surface area contributed by atoms with Crippen LogP contribution in [0.1, 0.15) is 44.6 Å². The molecule has 9 heteroatoms. The zero-order valence-electron chi connectivity index (χ0n) is 16.9. The minimum atomic E-state index is -1.07. The second kappa shape index (κ2) is 7.68. The van der Waals surface area contributed by atoms with Crippen molar-refractivity contribution < 1.29 is 19.0 Å². The van der Waals surface area contributed by atoms with Crippen LogP contribution in [0, 0.1) is 5.82 Å². The van der Waals surface area contributed by atoms with Gasteiger partial charge in [-0.15, -0.1) is 0 Å². The Bertz CT molecular complexity index is 946. The van der Waals surface area contributed by atoms with E-state index in [1.807, 2.05) is 13.8 Å². The summed E-state index contributed by atoms with van der Waals surface area (Å²) in [6.07, 6.45) is 4.28. The number of rotatable bonds is 4. The summed E-state index contributed by atoms with van der Waals surface area (Å²) in [4.78, 5) is 22.1. The number of ether oxygens (including phenoxy) is 1. The summed E-state index contributed by atoms with van der Waals surface area (Å²) in [5, 5.41) is 11.8. The van der Waals surface area contributed by atoms with Gasteiger partial charge in [-0.05, 0) is 54.4 Å². The zero-order chi connectivity index (χ0) is 21.5. The van der Waals surface area contributed by atoms with Crippen LogP contribution in [0.4, 0.5) is 15.0 Å². The zero-order valence-corrected chi connectivity index (χ0v) is 18.4. The molecule has 0 unspecified atom stereocenters. The number of hydrogen-bond donors (Lipinski definition) is 2. The summed E-state index contributed by atoms with van der Waals surface area (Å²) in [6.45, 7) is 5.13. The van der Waals surface area contributed by atoms with Gasteiger partial charge in [-0.25, -0.2) is 19.2 Å². The number of halogens is 2. The molecule has 3 heterocycles. The first kappa shape index (κ1) is 20.8. The number of nitrogens with one attached hydrogen (secondary N) is 1. The molecule has 1 aromatic heterocycles. The Hall–Kier alpha value is -2.42. The fourth-order valence-corrected chi connectivity index (χ4v) is 4.84. The highest BCUT2D eigenvalue weighted by molar-refractivity contribution is 9.10. The van der Waals surface area contributed by atoms with Crippen LogP contribution in [0.2, 0.25) is 0 Å². The highest BCUT2D eigenvalue weighted by atomic mass is 79.9. The van der Waals surface area contributed by atoms with E-state index >= 15 is 0 Å². The van der Waals surface area contributed by atoms with E-state index in [0.717, 1.165) is 37.3 Å². The predicted octanol–water partition coefficient (Wildman–Crippen LogP) is 4.33. The number of piperidine rings is 1. The van der Waals surface area contributed by atoms with Crippen LogP contribution in [-0.4, -0.2) is 45.4 Å². The molecule has 2 aromatic rings. The molecule has 0 radical (unpaired) electrons. The molecule has 2 aliphatic heterocycles.